The highest BCUT2D eigenvalue weighted by molar-refractivity contribution is 6.07. The van der Waals surface area contributed by atoms with E-state index in [1.165, 1.54) is 12.1 Å². The molecule has 0 saturated carbocycles. The molecule has 0 aliphatic carbocycles. The average molecular weight is 336 g/mol. The molecule has 7 heteroatoms. The lowest BCUT2D eigenvalue weighted by Gasteiger charge is -2.26. The third kappa shape index (κ3) is 3.79. The monoisotopic (exact) mass is 336 g/mol. The largest absolute Gasteiger partial charge is 0.388 e. The Bertz CT molecular complexity index is 647. The van der Waals surface area contributed by atoms with Gasteiger partial charge < -0.3 is 10.4 Å². The average Bonchev–Trinajstić information content (AvgIpc) is 2.80. The molecule has 2 atom stereocenters. The Morgan fingerprint density at radius 3 is 2.67 bits per heavy atom. The number of hydrogen-bond acceptors (Lipinski definition) is 4. The first-order valence-corrected chi connectivity index (χ1v) is 7.86. The Morgan fingerprint density at radius 1 is 1.38 bits per heavy atom. The minimum atomic E-state index is -0.985. The number of carbonyl (C=O) groups excluding carboxylic acids is 3. The minimum absolute atomic E-state index is 0.304. The minimum Gasteiger partial charge on any atom is -0.388 e. The summed E-state index contributed by atoms with van der Waals surface area (Å²) >= 11 is 0. The molecule has 6 nitrogen and oxygen atoms in total. The summed E-state index contributed by atoms with van der Waals surface area (Å²) in [6.45, 7) is 2.69. The van der Waals surface area contributed by atoms with Crippen LogP contribution in [0.5, 0.6) is 0 Å². The van der Waals surface area contributed by atoms with Crippen molar-refractivity contribution in [1.82, 2.24) is 10.2 Å². The molecule has 0 bridgehead atoms. The Morgan fingerprint density at radius 2 is 2.08 bits per heavy atom. The lowest BCUT2D eigenvalue weighted by molar-refractivity contribution is -0.137. The van der Waals surface area contributed by atoms with Crippen molar-refractivity contribution >= 4 is 17.7 Å². The molecular weight excluding hydrogens is 315 g/mol. The highest BCUT2D eigenvalue weighted by Gasteiger charge is 2.44. The summed E-state index contributed by atoms with van der Waals surface area (Å²) in [5.41, 5.74) is 0.724. The number of carbonyl (C=O) groups is 3. The van der Waals surface area contributed by atoms with Crippen LogP contribution < -0.4 is 5.32 Å². The molecule has 1 heterocycles. The van der Waals surface area contributed by atoms with Crippen LogP contribution in [0.4, 0.5) is 9.18 Å². The van der Waals surface area contributed by atoms with Gasteiger partial charge in [-0.15, -0.1) is 0 Å². The predicted octanol–water partition coefficient (Wildman–Crippen LogP) is 1.26. The van der Waals surface area contributed by atoms with E-state index in [4.69, 9.17) is 5.11 Å². The maximum absolute atomic E-state index is 13.2. The van der Waals surface area contributed by atoms with Crippen LogP contribution in [0, 0.1) is 11.7 Å². The molecule has 1 aliphatic heterocycles. The zero-order valence-corrected chi connectivity index (χ0v) is 13.7. The number of imide groups is 1. The number of nitrogens with zero attached hydrogens (tertiary/aromatic N) is 1. The fraction of sp³-hybridized carbons (Fsp3) is 0.471. The molecule has 24 heavy (non-hydrogen) atoms. The van der Waals surface area contributed by atoms with Crippen molar-refractivity contribution in [3.8, 4) is 0 Å². The van der Waals surface area contributed by atoms with E-state index in [1.807, 2.05) is 0 Å². The molecule has 2 N–H and O–H groups in total. The van der Waals surface area contributed by atoms with Crippen LogP contribution in [-0.2, 0) is 16.0 Å². The summed E-state index contributed by atoms with van der Waals surface area (Å²) in [4.78, 5) is 37.4. The summed E-state index contributed by atoms with van der Waals surface area (Å²) in [7, 11) is 0. The van der Waals surface area contributed by atoms with Gasteiger partial charge in [0.05, 0.1) is 0 Å². The number of aliphatic hydroxyl groups excluding tert-OH is 1. The number of ketones is 1. The van der Waals surface area contributed by atoms with E-state index >= 15 is 0 Å². The summed E-state index contributed by atoms with van der Waals surface area (Å²) in [5, 5.41) is 11.6. The smallest absolute Gasteiger partial charge is 0.325 e. The third-order valence-corrected chi connectivity index (χ3v) is 4.06. The van der Waals surface area contributed by atoms with Gasteiger partial charge in [-0.25, -0.2) is 9.18 Å². The third-order valence-electron chi connectivity index (χ3n) is 4.06. The summed E-state index contributed by atoms with van der Waals surface area (Å²) in [5.74, 6) is -1.72. The standard InChI is InChI=1S/C17H21FN2O4/c1-10(2)15(14(22)9-21)20-16(23)13(19-17(20)24)7-6-11-4-3-5-12(18)8-11/h3-5,8,10,13,15,21H,6-7,9H2,1-2H3,(H,19,24)/t13-,15+/m0/s1. The molecule has 2 rings (SSSR count). The number of amides is 3. The molecule has 3 amide bonds. The van der Waals surface area contributed by atoms with E-state index in [1.54, 1.807) is 26.0 Å². The molecule has 0 aromatic heterocycles. The van der Waals surface area contributed by atoms with Gasteiger partial charge in [-0.05, 0) is 36.5 Å². The first-order valence-electron chi connectivity index (χ1n) is 7.86. The number of aryl methyl sites for hydroxylation is 1. The number of Topliss-reactive ketones (excluding diaryl/α,β-unsaturated/α-hetero) is 1. The quantitative estimate of drug-likeness (QED) is 0.734. The zero-order chi connectivity index (χ0) is 17.9. The van der Waals surface area contributed by atoms with Crippen molar-refractivity contribution < 1.29 is 23.9 Å². The van der Waals surface area contributed by atoms with Crippen LogP contribution >= 0.6 is 0 Å². The van der Waals surface area contributed by atoms with Crippen LogP contribution in [-0.4, -0.2) is 46.4 Å². The van der Waals surface area contributed by atoms with Crippen LogP contribution in [0.1, 0.15) is 25.8 Å². The Hall–Kier alpha value is -2.28. The topological polar surface area (TPSA) is 86.7 Å². The molecule has 1 aliphatic rings. The van der Waals surface area contributed by atoms with Crippen LogP contribution in [0.2, 0.25) is 0 Å². The first-order chi connectivity index (χ1) is 11.3. The van der Waals surface area contributed by atoms with E-state index in [-0.39, 0.29) is 11.7 Å². The highest BCUT2D eigenvalue weighted by Crippen LogP contribution is 2.20. The molecule has 0 radical (unpaired) electrons. The summed E-state index contributed by atoms with van der Waals surface area (Å²) in [6, 6.07) is 3.67. The lowest BCUT2D eigenvalue weighted by atomic mass is 9.98. The number of rotatable bonds is 7. The number of aliphatic hydroxyl groups is 1. The fourth-order valence-electron chi connectivity index (χ4n) is 2.92. The SMILES string of the molecule is CC(C)[C@H](C(=O)CO)N1C(=O)N[C@@H](CCc2cccc(F)c2)C1=O. The van der Waals surface area contributed by atoms with E-state index < -0.39 is 36.4 Å². The summed E-state index contributed by atoms with van der Waals surface area (Å²) in [6.07, 6.45) is 0.727. The molecule has 1 fully saturated rings. The Balaban J connectivity index is 2.09. The van der Waals surface area contributed by atoms with Crippen molar-refractivity contribution in [2.24, 2.45) is 5.92 Å². The Kier molecular flexibility index (Phi) is 5.66. The van der Waals surface area contributed by atoms with Crippen molar-refractivity contribution in [1.29, 1.82) is 0 Å². The number of halogens is 1. The molecule has 1 saturated heterocycles. The van der Waals surface area contributed by atoms with Crippen molar-refractivity contribution in [3.63, 3.8) is 0 Å². The summed E-state index contributed by atoms with van der Waals surface area (Å²) < 4.78 is 13.2. The molecular formula is C17H21FN2O4. The van der Waals surface area contributed by atoms with Gasteiger partial charge in [-0.3, -0.25) is 14.5 Å². The van der Waals surface area contributed by atoms with Gasteiger partial charge in [0, 0.05) is 0 Å². The second kappa shape index (κ2) is 7.53. The first kappa shape index (κ1) is 18.1. The van der Waals surface area contributed by atoms with E-state index in [0.29, 0.717) is 12.8 Å². The van der Waals surface area contributed by atoms with Gasteiger partial charge in [0.2, 0.25) is 0 Å². The second-order valence-corrected chi connectivity index (χ2v) is 6.19. The van der Waals surface area contributed by atoms with Crippen LogP contribution in [0.15, 0.2) is 24.3 Å². The van der Waals surface area contributed by atoms with Gasteiger partial charge in [-0.2, -0.15) is 0 Å². The number of hydrogen-bond donors (Lipinski definition) is 2. The number of benzene rings is 1. The van der Waals surface area contributed by atoms with E-state index in [0.717, 1.165) is 10.5 Å². The fourth-order valence-corrected chi connectivity index (χ4v) is 2.92. The van der Waals surface area contributed by atoms with Crippen molar-refractivity contribution in [3.05, 3.63) is 35.6 Å². The second-order valence-electron chi connectivity index (χ2n) is 6.19. The predicted molar refractivity (Wildman–Crippen MR) is 84.6 cm³/mol. The maximum Gasteiger partial charge on any atom is 0.325 e. The van der Waals surface area contributed by atoms with E-state index in [9.17, 15) is 18.8 Å². The molecule has 1 aromatic carbocycles. The van der Waals surface area contributed by atoms with Crippen molar-refractivity contribution in [2.45, 2.75) is 38.8 Å². The van der Waals surface area contributed by atoms with Gasteiger partial charge >= 0.3 is 6.03 Å². The zero-order valence-electron chi connectivity index (χ0n) is 13.7. The lowest BCUT2D eigenvalue weighted by Crippen LogP contribution is -2.49. The molecule has 0 unspecified atom stereocenters. The van der Waals surface area contributed by atoms with Gasteiger partial charge in [0.15, 0.2) is 5.78 Å². The van der Waals surface area contributed by atoms with Gasteiger partial charge in [0.25, 0.3) is 5.91 Å². The van der Waals surface area contributed by atoms with Crippen LogP contribution in [0.25, 0.3) is 0 Å². The number of nitrogens with one attached hydrogen (secondary N) is 1. The molecule has 0 spiro atoms. The van der Waals surface area contributed by atoms with E-state index in [2.05, 4.69) is 5.32 Å². The highest BCUT2D eigenvalue weighted by atomic mass is 19.1. The normalized spacial score (nSPS) is 18.9. The molecule has 1 aromatic rings. The van der Waals surface area contributed by atoms with Gasteiger partial charge in [0.1, 0.15) is 24.5 Å². The number of urea groups is 1. The van der Waals surface area contributed by atoms with Crippen molar-refractivity contribution in [2.75, 3.05) is 6.61 Å². The maximum atomic E-state index is 13.2. The Labute approximate surface area is 139 Å². The van der Waals surface area contributed by atoms with Gasteiger partial charge in [-0.1, -0.05) is 26.0 Å². The molecule has 130 valence electrons. The van der Waals surface area contributed by atoms with Crippen LogP contribution in [0.3, 0.4) is 0 Å².